The molecule has 1 amide bonds. The van der Waals surface area contributed by atoms with Crippen LogP contribution in [0.2, 0.25) is 0 Å². The smallest absolute Gasteiger partial charge is 0.387 e. The van der Waals surface area contributed by atoms with E-state index in [-0.39, 0.29) is 41.9 Å². The number of rotatable bonds is 9. The zero-order valence-corrected chi connectivity index (χ0v) is 15.7. The molecule has 0 saturated heterocycles. The second kappa shape index (κ2) is 8.85. The van der Waals surface area contributed by atoms with Crippen LogP contribution in [0.15, 0.2) is 42.5 Å². The number of para-hydroxylation sites is 1. The fraction of sp³-hybridized carbons (Fsp3) is 0.350. The molecule has 0 unspecified atom stereocenters. The first kappa shape index (κ1) is 20.5. The Morgan fingerprint density at radius 2 is 1.97 bits per heavy atom. The van der Waals surface area contributed by atoms with Crippen molar-refractivity contribution in [2.75, 3.05) is 6.61 Å². The highest BCUT2D eigenvalue weighted by molar-refractivity contribution is 5.98. The van der Waals surface area contributed by atoms with Gasteiger partial charge in [0.05, 0.1) is 11.5 Å². The number of carbonyl (C=O) groups is 1. The highest BCUT2D eigenvalue weighted by Crippen LogP contribution is 2.34. The van der Waals surface area contributed by atoms with Crippen LogP contribution >= 0.6 is 0 Å². The summed E-state index contributed by atoms with van der Waals surface area (Å²) in [5, 5.41) is 11.3. The van der Waals surface area contributed by atoms with Gasteiger partial charge in [-0.15, -0.1) is 0 Å². The molecule has 0 bridgehead atoms. The molecule has 2 aromatic rings. The normalized spacial score (nSPS) is 13.2. The number of halogens is 2. The minimum atomic E-state index is -2.98. The molecule has 29 heavy (non-hydrogen) atoms. The summed E-state index contributed by atoms with van der Waals surface area (Å²) in [4.78, 5) is 25.3. The molecule has 0 radical (unpaired) electrons. The molecule has 0 aliphatic heterocycles. The average molecular weight is 406 g/mol. The number of carbonyl (C=O) groups excluding carboxylic acids is 1. The monoisotopic (exact) mass is 406 g/mol. The zero-order chi connectivity index (χ0) is 21.0. The number of ether oxygens (including phenoxy) is 2. The van der Waals surface area contributed by atoms with Crippen LogP contribution in [0.5, 0.6) is 11.5 Å². The number of hydrogen-bond donors (Lipinski definition) is 0. The van der Waals surface area contributed by atoms with Crippen LogP contribution in [-0.2, 0) is 6.54 Å². The molecule has 0 N–H and O–H groups in total. The summed E-state index contributed by atoms with van der Waals surface area (Å²) in [7, 11) is 0. The van der Waals surface area contributed by atoms with E-state index in [1.807, 2.05) is 0 Å². The number of nitro benzene ring substituents is 1. The Bertz CT molecular complexity index is 902. The molecule has 0 atom stereocenters. The topological polar surface area (TPSA) is 81.9 Å². The lowest BCUT2D eigenvalue weighted by Gasteiger charge is -2.23. The van der Waals surface area contributed by atoms with E-state index in [1.54, 1.807) is 30.0 Å². The Balaban J connectivity index is 1.87. The van der Waals surface area contributed by atoms with Gasteiger partial charge in [0.2, 0.25) is 0 Å². The first-order valence-electron chi connectivity index (χ1n) is 9.15. The fourth-order valence-corrected chi connectivity index (χ4v) is 3.03. The maximum absolute atomic E-state index is 13.0. The fourth-order valence-electron chi connectivity index (χ4n) is 3.03. The van der Waals surface area contributed by atoms with Crippen LogP contribution in [0.3, 0.4) is 0 Å². The lowest BCUT2D eigenvalue weighted by Crippen LogP contribution is -2.33. The molecule has 0 aromatic heterocycles. The quantitative estimate of drug-likeness (QED) is 0.455. The van der Waals surface area contributed by atoms with E-state index in [0.29, 0.717) is 5.56 Å². The molecular weight excluding hydrogens is 386 g/mol. The van der Waals surface area contributed by atoms with Gasteiger partial charge in [0, 0.05) is 18.7 Å². The lowest BCUT2D eigenvalue weighted by molar-refractivity contribution is -0.385. The number of nitrogens with zero attached hydrogens (tertiary/aromatic N) is 2. The van der Waals surface area contributed by atoms with Gasteiger partial charge in [0.1, 0.15) is 5.56 Å². The van der Waals surface area contributed by atoms with Crippen LogP contribution in [0.25, 0.3) is 0 Å². The molecule has 3 rings (SSSR count). The summed E-state index contributed by atoms with van der Waals surface area (Å²) in [6, 6.07) is 10.3. The van der Waals surface area contributed by atoms with Gasteiger partial charge in [-0.25, -0.2) is 0 Å². The van der Waals surface area contributed by atoms with Crippen molar-refractivity contribution in [1.82, 2.24) is 4.90 Å². The highest BCUT2D eigenvalue weighted by Gasteiger charge is 2.35. The van der Waals surface area contributed by atoms with E-state index in [4.69, 9.17) is 4.74 Å². The molecule has 7 nitrogen and oxygen atoms in total. The van der Waals surface area contributed by atoms with E-state index in [1.165, 1.54) is 24.3 Å². The minimum Gasteiger partial charge on any atom is -0.490 e. The summed E-state index contributed by atoms with van der Waals surface area (Å²) in [6.45, 7) is -0.842. The first-order chi connectivity index (χ1) is 13.9. The summed E-state index contributed by atoms with van der Waals surface area (Å²) in [5.41, 5.74) is 0.417. The maximum atomic E-state index is 13.0. The molecule has 9 heteroatoms. The second-order valence-electron chi connectivity index (χ2n) is 6.53. The van der Waals surface area contributed by atoms with Gasteiger partial charge in [-0.3, -0.25) is 14.9 Å². The number of amides is 1. The Morgan fingerprint density at radius 3 is 2.59 bits per heavy atom. The van der Waals surface area contributed by atoms with Crippen molar-refractivity contribution in [3.8, 4) is 11.5 Å². The Labute approximate surface area is 166 Å². The molecular formula is C20H20F2N2O5. The standard InChI is InChI=1S/C20H20F2N2O5/c1-2-28-18-11-13(7-10-17(18)29-20(21)22)12-23(14-8-9-14)19(25)15-5-3-4-6-16(15)24(26)27/h3-7,10-11,14,20H,2,8-9,12H2,1H3. The van der Waals surface area contributed by atoms with Gasteiger partial charge < -0.3 is 14.4 Å². The second-order valence-corrected chi connectivity index (χ2v) is 6.53. The number of benzene rings is 2. The summed E-state index contributed by atoms with van der Waals surface area (Å²) in [5.74, 6) is -0.376. The number of alkyl halides is 2. The van der Waals surface area contributed by atoms with Crippen molar-refractivity contribution >= 4 is 11.6 Å². The SMILES string of the molecule is CCOc1cc(CN(C(=O)c2ccccc2[N+](=O)[O-])C2CC2)ccc1OC(F)F. The predicted octanol–water partition coefficient (Wildman–Crippen LogP) is 4.40. The van der Waals surface area contributed by atoms with E-state index in [2.05, 4.69) is 4.74 Å². The van der Waals surface area contributed by atoms with Gasteiger partial charge in [0.25, 0.3) is 11.6 Å². The number of nitro groups is 1. The predicted molar refractivity (Wildman–Crippen MR) is 100 cm³/mol. The zero-order valence-electron chi connectivity index (χ0n) is 15.7. The Morgan fingerprint density at radius 1 is 1.24 bits per heavy atom. The molecule has 1 aliphatic rings. The maximum Gasteiger partial charge on any atom is 0.387 e. The van der Waals surface area contributed by atoms with Crippen molar-refractivity contribution in [2.24, 2.45) is 0 Å². The largest absolute Gasteiger partial charge is 0.490 e. The van der Waals surface area contributed by atoms with Gasteiger partial charge in [-0.2, -0.15) is 8.78 Å². The third-order valence-electron chi connectivity index (χ3n) is 4.46. The van der Waals surface area contributed by atoms with Gasteiger partial charge in [-0.1, -0.05) is 18.2 Å². The first-order valence-corrected chi connectivity index (χ1v) is 9.15. The number of hydrogen-bond acceptors (Lipinski definition) is 5. The average Bonchev–Trinajstić information content (AvgIpc) is 3.52. The van der Waals surface area contributed by atoms with Crippen molar-refractivity contribution in [3.63, 3.8) is 0 Å². The van der Waals surface area contributed by atoms with Crippen LogP contribution < -0.4 is 9.47 Å². The van der Waals surface area contributed by atoms with Crippen LogP contribution in [0.1, 0.15) is 35.7 Å². The van der Waals surface area contributed by atoms with Crippen LogP contribution in [-0.4, -0.2) is 35.0 Å². The molecule has 1 fully saturated rings. The molecule has 1 aliphatic carbocycles. The Hall–Kier alpha value is -3.23. The highest BCUT2D eigenvalue weighted by atomic mass is 19.3. The third kappa shape index (κ3) is 4.98. The van der Waals surface area contributed by atoms with Crippen molar-refractivity contribution in [1.29, 1.82) is 0 Å². The molecule has 0 spiro atoms. The van der Waals surface area contributed by atoms with Crippen molar-refractivity contribution in [2.45, 2.75) is 39.0 Å². The summed E-state index contributed by atoms with van der Waals surface area (Å²) in [6.07, 6.45) is 1.61. The van der Waals surface area contributed by atoms with Crippen LogP contribution in [0.4, 0.5) is 14.5 Å². The van der Waals surface area contributed by atoms with E-state index < -0.39 is 17.4 Å². The van der Waals surface area contributed by atoms with Gasteiger partial charge in [0.15, 0.2) is 11.5 Å². The summed E-state index contributed by atoms with van der Waals surface area (Å²) < 4.78 is 35.0. The Kier molecular flexibility index (Phi) is 6.26. The molecule has 154 valence electrons. The van der Waals surface area contributed by atoms with Crippen molar-refractivity contribution in [3.05, 3.63) is 63.7 Å². The summed E-state index contributed by atoms with van der Waals surface area (Å²) >= 11 is 0. The lowest BCUT2D eigenvalue weighted by atomic mass is 10.1. The van der Waals surface area contributed by atoms with Crippen LogP contribution in [0, 0.1) is 10.1 Å². The van der Waals surface area contributed by atoms with Crippen molar-refractivity contribution < 1.29 is 28.0 Å². The molecule has 0 heterocycles. The van der Waals surface area contributed by atoms with E-state index in [9.17, 15) is 23.7 Å². The van der Waals surface area contributed by atoms with Gasteiger partial charge in [-0.05, 0) is 43.5 Å². The van der Waals surface area contributed by atoms with Gasteiger partial charge >= 0.3 is 6.61 Å². The van der Waals surface area contributed by atoms with E-state index >= 15 is 0 Å². The minimum absolute atomic E-state index is 0.0187. The molecule has 1 saturated carbocycles. The molecule has 2 aromatic carbocycles. The third-order valence-corrected chi connectivity index (χ3v) is 4.46. The van der Waals surface area contributed by atoms with E-state index in [0.717, 1.165) is 12.8 Å².